The van der Waals surface area contributed by atoms with Gasteiger partial charge >= 0.3 is 0 Å². The lowest BCUT2D eigenvalue weighted by Crippen LogP contribution is -2.62. The van der Waals surface area contributed by atoms with Gasteiger partial charge in [0.2, 0.25) is 5.91 Å². The number of nitrogens with one attached hydrogen (secondary N) is 3. The maximum atomic E-state index is 13.4. The molecule has 2 aromatic rings. The number of ketones is 1. The molecule has 198 valence electrons. The third-order valence-corrected chi connectivity index (χ3v) is 7.27. The summed E-state index contributed by atoms with van der Waals surface area (Å²) in [4.78, 5) is 60.2. The van der Waals surface area contributed by atoms with E-state index in [2.05, 4.69) is 25.9 Å². The largest absolute Gasteiger partial charge is 0.361 e. The molecule has 1 aliphatic rings. The zero-order chi connectivity index (χ0) is 26.9. The molecule has 0 aliphatic carbocycles. The molecule has 2 amide bonds. The van der Waals surface area contributed by atoms with E-state index in [4.69, 9.17) is 4.74 Å². The van der Waals surface area contributed by atoms with Crippen LogP contribution in [0.3, 0.4) is 0 Å². The van der Waals surface area contributed by atoms with Crippen LogP contribution in [0, 0.1) is 0 Å². The quantitative estimate of drug-likeness (QED) is 0.169. The molecule has 1 unspecified atom stereocenters. The number of rotatable bonds is 15. The molecule has 1 fully saturated rings. The lowest BCUT2D eigenvalue weighted by molar-refractivity contribution is -0.134. The van der Waals surface area contributed by atoms with Gasteiger partial charge in [0.15, 0.2) is 17.6 Å². The Morgan fingerprint density at radius 3 is 2.43 bits per heavy atom. The van der Waals surface area contributed by atoms with Crippen molar-refractivity contribution < 1.29 is 23.9 Å². The van der Waals surface area contributed by atoms with E-state index in [1.807, 2.05) is 30.3 Å². The highest BCUT2D eigenvalue weighted by Crippen LogP contribution is 2.29. The van der Waals surface area contributed by atoms with Gasteiger partial charge in [0.25, 0.3) is 5.91 Å². The molecule has 0 bridgehead atoms. The van der Waals surface area contributed by atoms with Crippen molar-refractivity contribution in [2.75, 3.05) is 35.9 Å². The maximum absolute atomic E-state index is 13.4. The second-order valence-electron chi connectivity index (χ2n) is 8.85. The summed E-state index contributed by atoms with van der Waals surface area (Å²) in [6.07, 6.45) is 8.66. The van der Waals surface area contributed by atoms with Crippen LogP contribution in [-0.4, -0.2) is 87.7 Å². The number of amides is 2. The van der Waals surface area contributed by atoms with Crippen molar-refractivity contribution in [1.29, 1.82) is 0 Å². The van der Waals surface area contributed by atoms with Crippen LogP contribution in [0.5, 0.6) is 0 Å². The van der Waals surface area contributed by atoms with Crippen LogP contribution in [0.1, 0.15) is 12.5 Å². The minimum atomic E-state index is -1.68. The lowest BCUT2D eigenvalue weighted by atomic mass is 9.94. The molecule has 1 aliphatic heterocycles. The number of aldehydes is 1. The normalized spacial score (nSPS) is 19.5. The number of carbonyl (C=O) groups is 4. The fourth-order valence-electron chi connectivity index (χ4n) is 3.68. The van der Waals surface area contributed by atoms with Crippen LogP contribution in [0.2, 0.25) is 0 Å². The Bertz CT molecular complexity index is 1090. The number of anilines is 1. The highest BCUT2D eigenvalue weighted by atomic mass is 32.2. The second-order valence-corrected chi connectivity index (χ2v) is 10.6. The predicted molar refractivity (Wildman–Crippen MR) is 145 cm³/mol. The van der Waals surface area contributed by atoms with E-state index in [0.29, 0.717) is 12.9 Å². The van der Waals surface area contributed by atoms with Crippen LogP contribution < -0.4 is 16.0 Å². The number of ether oxygens (including phenoxy) is 1. The molecule has 3 rings (SSSR count). The summed E-state index contributed by atoms with van der Waals surface area (Å²) < 4.78 is 5.34. The Kier molecular flexibility index (Phi) is 10.1. The smallest absolute Gasteiger partial charge is 0.254 e. The highest BCUT2D eigenvalue weighted by Gasteiger charge is 2.50. The molecule has 12 heteroatoms. The van der Waals surface area contributed by atoms with Gasteiger partial charge in [-0.2, -0.15) is 23.5 Å². The third kappa shape index (κ3) is 7.53. The molecule has 4 atom stereocenters. The van der Waals surface area contributed by atoms with Gasteiger partial charge in [-0.25, -0.2) is 4.98 Å². The average molecular weight is 546 g/mol. The van der Waals surface area contributed by atoms with Gasteiger partial charge in [-0.05, 0) is 31.4 Å². The van der Waals surface area contributed by atoms with Gasteiger partial charge in [0.1, 0.15) is 17.5 Å². The van der Waals surface area contributed by atoms with Crippen molar-refractivity contribution in [3.05, 3.63) is 54.5 Å². The standard InChI is InChI=1S/C25H31N5O5S2/c1-24(15-35-24)21(32)18(11-17-7-5-4-6-8-17)28-22(33)19(13-36-2)29-23(34)25(14-31,16-37-3)30-20-12-26-9-10-27-20/h4-10,12,14,18-19H,11,13,15-16H2,1-3H3,(H,27,30)(H,28,33)(H,29,34)/t18-,19-,24?,25-/m0/s1. The Morgan fingerprint density at radius 2 is 1.86 bits per heavy atom. The van der Waals surface area contributed by atoms with Crippen molar-refractivity contribution in [2.24, 2.45) is 0 Å². The van der Waals surface area contributed by atoms with Crippen LogP contribution >= 0.6 is 23.5 Å². The third-order valence-electron chi connectivity index (χ3n) is 5.86. The van der Waals surface area contributed by atoms with E-state index in [1.165, 1.54) is 42.1 Å². The Hall–Kier alpha value is -2.96. The minimum absolute atomic E-state index is 0.0946. The molecule has 0 spiro atoms. The fourth-order valence-corrected chi connectivity index (χ4v) is 4.98. The molecular formula is C25H31N5O5S2. The molecular weight excluding hydrogens is 514 g/mol. The van der Waals surface area contributed by atoms with Crippen LogP contribution in [0.15, 0.2) is 48.9 Å². The summed E-state index contributed by atoms with van der Waals surface area (Å²) in [5.41, 5.74) is -1.73. The highest BCUT2D eigenvalue weighted by molar-refractivity contribution is 7.98. The number of hydrogen-bond acceptors (Lipinski definition) is 10. The fraction of sp³-hybridized carbons (Fsp3) is 0.440. The number of carbonyl (C=O) groups excluding carboxylic acids is 4. The van der Waals surface area contributed by atoms with Crippen molar-refractivity contribution in [1.82, 2.24) is 20.6 Å². The van der Waals surface area contributed by atoms with Crippen molar-refractivity contribution in [2.45, 2.75) is 36.6 Å². The summed E-state index contributed by atoms with van der Waals surface area (Å²) in [6, 6.07) is 7.51. The Morgan fingerprint density at radius 1 is 1.14 bits per heavy atom. The molecule has 1 aromatic carbocycles. The van der Waals surface area contributed by atoms with E-state index in [-0.39, 0.29) is 29.5 Å². The van der Waals surface area contributed by atoms with E-state index < -0.39 is 35.0 Å². The van der Waals surface area contributed by atoms with Crippen molar-refractivity contribution >= 4 is 53.2 Å². The monoisotopic (exact) mass is 545 g/mol. The zero-order valence-corrected chi connectivity index (χ0v) is 22.6. The first kappa shape index (κ1) is 28.6. The van der Waals surface area contributed by atoms with Gasteiger partial charge in [-0.1, -0.05) is 30.3 Å². The number of hydrogen-bond donors (Lipinski definition) is 3. The number of thioether (sulfide) groups is 2. The van der Waals surface area contributed by atoms with Crippen molar-refractivity contribution in [3.8, 4) is 0 Å². The molecule has 1 aromatic heterocycles. The summed E-state index contributed by atoms with van der Waals surface area (Å²) in [7, 11) is 0. The lowest BCUT2D eigenvalue weighted by Gasteiger charge is -2.30. The number of epoxide rings is 1. The molecule has 3 N–H and O–H groups in total. The van der Waals surface area contributed by atoms with Gasteiger partial charge in [0.05, 0.1) is 18.8 Å². The zero-order valence-electron chi connectivity index (χ0n) is 20.9. The number of benzene rings is 1. The topological polar surface area (TPSA) is 143 Å². The number of aromatic nitrogens is 2. The molecule has 0 saturated carbocycles. The molecule has 1 saturated heterocycles. The summed E-state index contributed by atoms with van der Waals surface area (Å²) >= 11 is 2.64. The van der Waals surface area contributed by atoms with Crippen LogP contribution in [0.25, 0.3) is 0 Å². The molecule has 37 heavy (non-hydrogen) atoms. The number of Topliss-reactive ketones (excluding diaryl/α,β-unsaturated/α-hetero) is 1. The SMILES string of the molecule is CSC[C@H](NC(=O)[C@](C=O)(CSC)Nc1cnccn1)C(=O)N[C@@H](Cc1ccccc1)C(=O)C1(C)CO1. The van der Waals surface area contributed by atoms with Crippen LogP contribution in [-0.2, 0) is 30.3 Å². The van der Waals surface area contributed by atoms with Crippen LogP contribution in [0.4, 0.5) is 5.82 Å². The Balaban J connectivity index is 1.79. The van der Waals surface area contributed by atoms with E-state index in [9.17, 15) is 19.2 Å². The first-order valence-corrected chi connectivity index (χ1v) is 14.4. The van der Waals surface area contributed by atoms with Gasteiger partial charge in [0, 0.05) is 23.9 Å². The summed E-state index contributed by atoms with van der Waals surface area (Å²) in [5, 5.41) is 8.39. The first-order valence-electron chi connectivity index (χ1n) is 11.6. The molecule has 2 heterocycles. The first-order chi connectivity index (χ1) is 17.8. The van der Waals surface area contributed by atoms with E-state index in [1.54, 1.807) is 19.4 Å². The molecule has 10 nitrogen and oxygen atoms in total. The van der Waals surface area contributed by atoms with E-state index in [0.717, 1.165) is 5.56 Å². The van der Waals surface area contributed by atoms with Gasteiger partial charge in [-0.3, -0.25) is 19.4 Å². The number of nitrogens with zero attached hydrogens (tertiary/aromatic N) is 2. The summed E-state index contributed by atoms with van der Waals surface area (Å²) in [5.74, 6) is -0.859. The maximum Gasteiger partial charge on any atom is 0.254 e. The molecule has 0 radical (unpaired) electrons. The Labute approximate surface area is 224 Å². The van der Waals surface area contributed by atoms with Gasteiger partial charge in [-0.15, -0.1) is 0 Å². The summed E-state index contributed by atoms with van der Waals surface area (Å²) in [6.45, 7) is 1.99. The second kappa shape index (κ2) is 13.0. The minimum Gasteiger partial charge on any atom is -0.361 e. The van der Waals surface area contributed by atoms with Crippen molar-refractivity contribution in [3.63, 3.8) is 0 Å². The predicted octanol–water partition coefficient (Wildman–Crippen LogP) is 1.12. The average Bonchev–Trinajstić information content (AvgIpc) is 3.66. The van der Waals surface area contributed by atoms with E-state index >= 15 is 0 Å². The van der Waals surface area contributed by atoms with Gasteiger partial charge < -0.3 is 25.5 Å².